The van der Waals surface area contributed by atoms with E-state index in [9.17, 15) is 0 Å². The topological polar surface area (TPSA) is 42.9 Å². The van der Waals surface area contributed by atoms with Crippen molar-refractivity contribution in [2.24, 2.45) is 4.99 Å². The maximum Gasteiger partial charge on any atom is 0.191 e. The number of guanidine groups is 1. The number of benzene rings is 1. The predicted molar refractivity (Wildman–Crippen MR) is 119 cm³/mol. The molecular formula is C23H39N5. The molecule has 0 amide bonds. The predicted octanol–water partition coefficient (Wildman–Crippen LogP) is 3.21. The van der Waals surface area contributed by atoms with Gasteiger partial charge < -0.3 is 15.5 Å². The summed E-state index contributed by atoms with van der Waals surface area (Å²) in [5.74, 6) is 0.927. The summed E-state index contributed by atoms with van der Waals surface area (Å²) in [7, 11) is 1.87. The third kappa shape index (κ3) is 6.21. The Morgan fingerprint density at radius 3 is 2.36 bits per heavy atom. The molecule has 2 N–H and O–H groups in total. The molecule has 1 aromatic rings. The second-order valence-corrected chi connectivity index (χ2v) is 8.58. The molecular weight excluding hydrogens is 346 g/mol. The third-order valence-electron chi connectivity index (χ3n) is 6.23. The van der Waals surface area contributed by atoms with Crippen molar-refractivity contribution in [2.75, 3.05) is 33.2 Å². The molecule has 0 bridgehead atoms. The van der Waals surface area contributed by atoms with Gasteiger partial charge in [0.25, 0.3) is 0 Å². The van der Waals surface area contributed by atoms with Crippen molar-refractivity contribution in [3.8, 4) is 0 Å². The van der Waals surface area contributed by atoms with E-state index < -0.39 is 0 Å². The van der Waals surface area contributed by atoms with Gasteiger partial charge in [-0.3, -0.25) is 9.89 Å². The van der Waals surface area contributed by atoms with Crippen LogP contribution in [0.2, 0.25) is 0 Å². The van der Waals surface area contributed by atoms with Gasteiger partial charge in [-0.1, -0.05) is 30.7 Å². The standard InChI is InChI=1S/C23H39N5/c1-19(2)28-15-11-22(12-16-28)26-23(24-3)25-17-20-9-5-6-10-21(20)18-27-13-7-4-8-14-27/h5-6,9-10,19,22H,4,7-8,11-18H2,1-3H3,(H2,24,25,26). The van der Waals surface area contributed by atoms with E-state index in [-0.39, 0.29) is 0 Å². The molecule has 2 saturated heterocycles. The Morgan fingerprint density at radius 2 is 1.71 bits per heavy atom. The molecule has 2 aliphatic heterocycles. The highest BCUT2D eigenvalue weighted by molar-refractivity contribution is 5.80. The summed E-state index contributed by atoms with van der Waals surface area (Å²) in [5.41, 5.74) is 2.82. The van der Waals surface area contributed by atoms with Crippen molar-refractivity contribution in [3.63, 3.8) is 0 Å². The monoisotopic (exact) mass is 385 g/mol. The fraction of sp³-hybridized carbons (Fsp3) is 0.696. The smallest absolute Gasteiger partial charge is 0.191 e. The molecule has 0 spiro atoms. The summed E-state index contributed by atoms with van der Waals surface area (Å²) in [6, 6.07) is 10.0. The number of rotatable bonds is 6. The molecule has 1 aromatic carbocycles. The van der Waals surface area contributed by atoms with E-state index in [0.717, 1.165) is 19.0 Å². The lowest BCUT2D eigenvalue weighted by Crippen LogP contribution is -2.49. The Bertz CT molecular complexity index is 613. The Morgan fingerprint density at radius 1 is 1.04 bits per heavy atom. The molecule has 0 aliphatic carbocycles. The van der Waals surface area contributed by atoms with Gasteiger partial charge in [0.2, 0.25) is 0 Å². The van der Waals surface area contributed by atoms with Crippen LogP contribution < -0.4 is 10.6 Å². The van der Waals surface area contributed by atoms with Gasteiger partial charge in [0.05, 0.1) is 0 Å². The number of piperidine rings is 2. The zero-order valence-corrected chi connectivity index (χ0v) is 18.1. The molecule has 0 unspecified atom stereocenters. The molecule has 5 heteroatoms. The van der Waals surface area contributed by atoms with Crippen molar-refractivity contribution in [2.45, 2.75) is 71.1 Å². The Kier molecular flexibility index (Phi) is 8.16. The van der Waals surface area contributed by atoms with Crippen LogP contribution in [0.1, 0.15) is 57.1 Å². The Hall–Kier alpha value is -1.59. The van der Waals surface area contributed by atoms with Gasteiger partial charge in [-0.05, 0) is 63.7 Å². The molecule has 0 atom stereocenters. The van der Waals surface area contributed by atoms with Crippen LogP contribution in [0.5, 0.6) is 0 Å². The summed E-state index contributed by atoms with van der Waals surface area (Å²) in [5, 5.41) is 7.19. The zero-order valence-electron chi connectivity index (χ0n) is 18.1. The van der Waals surface area contributed by atoms with Crippen molar-refractivity contribution in [3.05, 3.63) is 35.4 Å². The first kappa shape index (κ1) is 21.1. The normalized spacial score (nSPS) is 20.5. The molecule has 0 aromatic heterocycles. The Balaban J connectivity index is 1.50. The highest BCUT2D eigenvalue weighted by atomic mass is 15.2. The van der Waals surface area contributed by atoms with Crippen LogP contribution in [0.25, 0.3) is 0 Å². The van der Waals surface area contributed by atoms with Gasteiger partial charge >= 0.3 is 0 Å². The fourth-order valence-corrected chi connectivity index (χ4v) is 4.37. The first-order valence-electron chi connectivity index (χ1n) is 11.2. The quantitative estimate of drug-likeness (QED) is 0.583. The van der Waals surface area contributed by atoms with Gasteiger partial charge in [0.1, 0.15) is 0 Å². The molecule has 0 saturated carbocycles. The first-order valence-corrected chi connectivity index (χ1v) is 11.2. The minimum Gasteiger partial charge on any atom is -0.354 e. The van der Waals surface area contributed by atoms with E-state index in [4.69, 9.17) is 0 Å². The SMILES string of the molecule is CN=C(NCc1ccccc1CN1CCCCC1)NC1CCN(C(C)C)CC1. The van der Waals surface area contributed by atoms with E-state index in [1.165, 1.54) is 69.4 Å². The summed E-state index contributed by atoms with van der Waals surface area (Å²) in [6.45, 7) is 11.3. The molecule has 156 valence electrons. The number of likely N-dealkylation sites (tertiary alicyclic amines) is 2. The number of nitrogens with one attached hydrogen (secondary N) is 2. The lowest BCUT2D eigenvalue weighted by atomic mass is 10.0. The summed E-state index contributed by atoms with van der Waals surface area (Å²) >= 11 is 0. The van der Waals surface area contributed by atoms with Crippen molar-refractivity contribution < 1.29 is 0 Å². The van der Waals surface area contributed by atoms with Gasteiger partial charge in [-0.15, -0.1) is 0 Å². The largest absolute Gasteiger partial charge is 0.354 e. The maximum atomic E-state index is 4.47. The molecule has 28 heavy (non-hydrogen) atoms. The Labute approximate surface area is 171 Å². The van der Waals surface area contributed by atoms with E-state index in [2.05, 4.69) is 63.5 Å². The molecule has 5 nitrogen and oxygen atoms in total. The number of hydrogen-bond acceptors (Lipinski definition) is 3. The van der Waals surface area contributed by atoms with Crippen LogP contribution in [0.3, 0.4) is 0 Å². The van der Waals surface area contributed by atoms with Crippen molar-refractivity contribution in [1.82, 2.24) is 20.4 Å². The molecule has 2 fully saturated rings. The maximum absolute atomic E-state index is 4.47. The van der Waals surface area contributed by atoms with E-state index in [0.29, 0.717) is 12.1 Å². The van der Waals surface area contributed by atoms with Crippen molar-refractivity contribution >= 4 is 5.96 Å². The fourth-order valence-electron chi connectivity index (χ4n) is 4.37. The molecule has 0 radical (unpaired) electrons. The average molecular weight is 386 g/mol. The van der Waals surface area contributed by atoms with E-state index in [1.54, 1.807) is 0 Å². The second-order valence-electron chi connectivity index (χ2n) is 8.58. The van der Waals surface area contributed by atoms with Gasteiger partial charge in [0.15, 0.2) is 5.96 Å². The highest BCUT2D eigenvalue weighted by Crippen LogP contribution is 2.16. The number of nitrogens with zero attached hydrogens (tertiary/aromatic N) is 3. The second kappa shape index (κ2) is 10.8. The number of hydrogen-bond donors (Lipinski definition) is 2. The van der Waals surface area contributed by atoms with Crippen LogP contribution in [-0.4, -0.2) is 61.1 Å². The molecule has 2 heterocycles. The van der Waals surface area contributed by atoms with Crippen LogP contribution in [0.15, 0.2) is 29.3 Å². The van der Waals surface area contributed by atoms with Gasteiger partial charge in [-0.2, -0.15) is 0 Å². The minimum atomic E-state index is 0.518. The summed E-state index contributed by atoms with van der Waals surface area (Å²) in [6.07, 6.45) is 6.44. The average Bonchev–Trinajstić information content (AvgIpc) is 2.73. The summed E-state index contributed by atoms with van der Waals surface area (Å²) in [4.78, 5) is 9.62. The van der Waals surface area contributed by atoms with Crippen LogP contribution in [-0.2, 0) is 13.1 Å². The van der Waals surface area contributed by atoms with Gasteiger partial charge in [-0.25, -0.2) is 0 Å². The van der Waals surface area contributed by atoms with E-state index in [1.807, 2.05) is 7.05 Å². The van der Waals surface area contributed by atoms with Crippen LogP contribution in [0, 0.1) is 0 Å². The van der Waals surface area contributed by atoms with E-state index >= 15 is 0 Å². The summed E-state index contributed by atoms with van der Waals surface area (Å²) < 4.78 is 0. The zero-order chi connectivity index (χ0) is 19.8. The molecule has 2 aliphatic rings. The lowest BCUT2D eigenvalue weighted by Gasteiger charge is -2.35. The van der Waals surface area contributed by atoms with Crippen LogP contribution >= 0.6 is 0 Å². The minimum absolute atomic E-state index is 0.518. The third-order valence-corrected chi connectivity index (χ3v) is 6.23. The lowest BCUT2D eigenvalue weighted by molar-refractivity contribution is 0.167. The van der Waals surface area contributed by atoms with Crippen molar-refractivity contribution in [1.29, 1.82) is 0 Å². The van der Waals surface area contributed by atoms with Gasteiger partial charge in [0, 0.05) is 45.3 Å². The highest BCUT2D eigenvalue weighted by Gasteiger charge is 2.21. The molecule has 3 rings (SSSR count). The van der Waals surface area contributed by atoms with Crippen LogP contribution in [0.4, 0.5) is 0 Å². The first-order chi connectivity index (χ1) is 13.7. The number of aliphatic imine (C=N–C) groups is 1.